The topological polar surface area (TPSA) is 92.4 Å². The molecule has 0 aliphatic rings. The zero-order valence-corrected chi connectivity index (χ0v) is 11.9. The van der Waals surface area contributed by atoms with E-state index in [0.717, 1.165) is 0 Å². The van der Waals surface area contributed by atoms with Crippen LogP contribution in [0.4, 0.5) is 0 Å². The summed E-state index contributed by atoms with van der Waals surface area (Å²) in [5, 5.41) is 7.53. The first-order chi connectivity index (χ1) is 10.8. The molecule has 0 bridgehead atoms. The summed E-state index contributed by atoms with van der Waals surface area (Å²) in [6, 6.07) is 8.82. The normalized spacial score (nSPS) is 10.3. The van der Waals surface area contributed by atoms with Crippen LogP contribution in [0.3, 0.4) is 0 Å². The second-order valence-electron chi connectivity index (χ2n) is 4.08. The van der Waals surface area contributed by atoms with Crippen molar-refractivity contribution >= 4 is 0 Å². The monoisotopic (exact) mass is 300 g/mol. The van der Waals surface area contributed by atoms with Gasteiger partial charge in [0.25, 0.3) is 5.89 Å². The lowest BCUT2D eigenvalue weighted by molar-refractivity contribution is 0.348. The molecule has 8 heteroatoms. The van der Waals surface area contributed by atoms with Gasteiger partial charge < -0.3 is 18.6 Å². The smallest absolute Gasteiger partial charge is 0.328 e. The predicted molar refractivity (Wildman–Crippen MR) is 74.9 cm³/mol. The number of benzene rings is 1. The van der Waals surface area contributed by atoms with Gasteiger partial charge >= 0.3 is 6.01 Å². The Morgan fingerprint density at radius 1 is 1.00 bits per heavy atom. The molecule has 3 aromatic rings. The van der Waals surface area contributed by atoms with E-state index >= 15 is 0 Å². The van der Waals surface area contributed by atoms with Crippen molar-refractivity contribution in [2.45, 2.75) is 0 Å². The molecule has 112 valence electrons. The van der Waals surface area contributed by atoms with E-state index in [0.29, 0.717) is 29.0 Å². The minimum absolute atomic E-state index is 0.0863. The van der Waals surface area contributed by atoms with Gasteiger partial charge in [-0.25, -0.2) is 0 Å². The highest BCUT2D eigenvalue weighted by molar-refractivity contribution is 5.62. The van der Waals surface area contributed by atoms with Crippen molar-refractivity contribution in [1.82, 2.24) is 20.2 Å². The van der Waals surface area contributed by atoms with Crippen LogP contribution in [0.5, 0.6) is 23.5 Å². The highest BCUT2D eigenvalue weighted by atomic mass is 16.5. The van der Waals surface area contributed by atoms with Gasteiger partial charge in [0.15, 0.2) is 0 Å². The molecule has 22 heavy (non-hydrogen) atoms. The summed E-state index contributed by atoms with van der Waals surface area (Å²) < 4.78 is 21.1. The summed E-state index contributed by atoms with van der Waals surface area (Å²) in [5.41, 5.74) is 0.630. The third-order valence-corrected chi connectivity index (χ3v) is 2.76. The van der Waals surface area contributed by atoms with Crippen LogP contribution in [0, 0.1) is 0 Å². The molecule has 1 aromatic carbocycles. The molecule has 0 spiro atoms. The van der Waals surface area contributed by atoms with Gasteiger partial charge in [0.1, 0.15) is 5.75 Å². The minimum atomic E-state index is 0.0863. The third kappa shape index (κ3) is 2.80. The fraction of sp³-hybridized carbons (Fsp3) is 0.143. The lowest BCUT2D eigenvalue weighted by Crippen LogP contribution is -1.98. The Labute approximate surface area is 125 Å². The van der Waals surface area contributed by atoms with Gasteiger partial charge in [-0.05, 0) is 12.1 Å². The Balaban J connectivity index is 1.97. The third-order valence-electron chi connectivity index (χ3n) is 2.76. The Morgan fingerprint density at radius 3 is 2.36 bits per heavy atom. The summed E-state index contributed by atoms with van der Waals surface area (Å²) in [6.07, 6.45) is 1.25. The number of para-hydroxylation sites is 1. The van der Waals surface area contributed by atoms with Crippen LogP contribution in [0.1, 0.15) is 0 Å². The van der Waals surface area contributed by atoms with Crippen molar-refractivity contribution in [1.29, 1.82) is 0 Å². The first-order valence-electron chi connectivity index (χ1n) is 6.30. The molecular weight excluding hydrogens is 288 g/mol. The minimum Gasteiger partial charge on any atom is -0.481 e. The number of hydrogen-bond donors (Lipinski definition) is 0. The van der Waals surface area contributed by atoms with Crippen molar-refractivity contribution in [2.24, 2.45) is 0 Å². The van der Waals surface area contributed by atoms with E-state index < -0.39 is 0 Å². The van der Waals surface area contributed by atoms with Crippen LogP contribution in [-0.4, -0.2) is 34.4 Å². The Hall–Kier alpha value is -3.16. The highest BCUT2D eigenvalue weighted by Gasteiger charge is 2.14. The van der Waals surface area contributed by atoms with Crippen molar-refractivity contribution in [2.75, 3.05) is 14.2 Å². The molecule has 8 nitrogen and oxygen atoms in total. The summed E-state index contributed by atoms with van der Waals surface area (Å²) >= 11 is 0. The van der Waals surface area contributed by atoms with Gasteiger partial charge in [0.05, 0.1) is 25.8 Å². The number of hydrogen-bond acceptors (Lipinski definition) is 8. The van der Waals surface area contributed by atoms with Gasteiger partial charge in [0, 0.05) is 0 Å². The summed E-state index contributed by atoms with van der Waals surface area (Å²) in [7, 11) is 3.00. The van der Waals surface area contributed by atoms with Gasteiger partial charge in [-0.2, -0.15) is 9.97 Å². The second-order valence-corrected chi connectivity index (χ2v) is 4.08. The van der Waals surface area contributed by atoms with E-state index in [9.17, 15) is 0 Å². The second kappa shape index (κ2) is 6.08. The van der Waals surface area contributed by atoms with Crippen LogP contribution in [0.25, 0.3) is 11.5 Å². The molecule has 0 N–H and O–H groups in total. The summed E-state index contributed by atoms with van der Waals surface area (Å²) in [4.78, 5) is 8.23. The maximum atomic E-state index is 5.71. The number of rotatable bonds is 5. The highest BCUT2D eigenvalue weighted by Crippen LogP contribution is 2.31. The molecule has 0 unspecified atom stereocenters. The lowest BCUT2D eigenvalue weighted by atomic mass is 10.2. The molecule has 0 atom stereocenters. The molecule has 0 saturated heterocycles. The Kier molecular flexibility index (Phi) is 3.82. The zero-order chi connectivity index (χ0) is 15.4. The molecule has 2 heterocycles. The van der Waals surface area contributed by atoms with E-state index in [1.165, 1.54) is 20.6 Å². The summed E-state index contributed by atoms with van der Waals surface area (Å²) in [6.45, 7) is 0. The fourth-order valence-corrected chi connectivity index (χ4v) is 1.76. The first kappa shape index (κ1) is 13.8. The quantitative estimate of drug-likeness (QED) is 0.709. The van der Waals surface area contributed by atoms with Crippen LogP contribution in [-0.2, 0) is 0 Å². The van der Waals surface area contributed by atoms with Crippen molar-refractivity contribution in [3.63, 3.8) is 0 Å². The number of ether oxygens (including phenoxy) is 3. The first-order valence-corrected chi connectivity index (χ1v) is 6.30. The van der Waals surface area contributed by atoms with Crippen molar-refractivity contribution in [3.8, 4) is 35.0 Å². The van der Waals surface area contributed by atoms with E-state index in [1.54, 1.807) is 18.2 Å². The van der Waals surface area contributed by atoms with E-state index in [2.05, 4.69) is 20.2 Å². The largest absolute Gasteiger partial charge is 0.481 e. The number of methoxy groups -OCH3 is 2. The molecule has 3 rings (SSSR count). The van der Waals surface area contributed by atoms with E-state index in [1.807, 2.05) is 12.1 Å². The van der Waals surface area contributed by atoms with Crippen LogP contribution < -0.4 is 14.2 Å². The molecular formula is C14H12N4O4. The SMILES string of the molecule is COc1cc(OC)nc(Oc2ccccc2-c2nnco2)n1. The maximum absolute atomic E-state index is 5.71. The molecule has 0 amide bonds. The average Bonchev–Trinajstić information content (AvgIpc) is 3.09. The maximum Gasteiger partial charge on any atom is 0.328 e. The number of aromatic nitrogens is 4. The molecule has 0 radical (unpaired) electrons. The van der Waals surface area contributed by atoms with Gasteiger partial charge in [-0.3, -0.25) is 0 Å². The van der Waals surface area contributed by atoms with E-state index in [-0.39, 0.29) is 6.01 Å². The van der Waals surface area contributed by atoms with Gasteiger partial charge in [-0.1, -0.05) is 12.1 Å². The molecule has 0 saturated carbocycles. The van der Waals surface area contributed by atoms with Crippen molar-refractivity contribution in [3.05, 3.63) is 36.7 Å². The average molecular weight is 300 g/mol. The standard InChI is InChI=1S/C14H12N4O4/c1-19-11-7-12(20-2)17-14(16-11)22-10-6-4-3-5-9(10)13-18-15-8-21-13/h3-8H,1-2H3. The number of nitrogens with zero attached hydrogens (tertiary/aromatic N) is 4. The Morgan fingerprint density at radius 2 is 1.73 bits per heavy atom. The zero-order valence-electron chi connectivity index (χ0n) is 11.9. The van der Waals surface area contributed by atoms with Crippen molar-refractivity contribution < 1.29 is 18.6 Å². The fourth-order valence-electron chi connectivity index (χ4n) is 1.76. The lowest BCUT2D eigenvalue weighted by Gasteiger charge is -2.09. The molecule has 0 aliphatic heterocycles. The molecule has 0 aliphatic carbocycles. The van der Waals surface area contributed by atoms with Gasteiger partial charge in [0.2, 0.25) is 18.2 Å². The van der Waals surface area contributed by atoms with Crippen LogP contribution >= 0.6 is 0 Å². The van der Waals surface area contributed by atoms with Crippen LogP contribution in [0.15, 0.2) is 41.1 Å². The van der Waals surface area contributed by atoms with Crippen LogP contribution in [0.2, 0.25) is 0 Å². The summed E-state index contributed by atoms with van der Waals surface area (Å²) in [5.74, 6) is 1.47. The predicted octanol–water partition coefficient (Wildman–Crippen LogP) is 2.34. The van der Waals surface area contributed by atoms with Gasteiger partial charge in [-0.15, -0.1) is 10.2 Å². The molecule has 2 aromatic heterocycles. The van der Waals surface area contributed by atoms with E-state index in [4.69, 9.17) is 18.6 Å². The Bertz CT molecular complexity index is 739. The molecule has 0 fully saturated rings.